The highest BCUT2D eigenvalue weighted by atomic mass is 35.5. The van der Waals surface area contributed by atoms with E-state index in [1.165, 1.54) is 17.9 Å². The number of anilines is 1. The molecule has 0 aliphatic rings. The zero-order chi connectivity index (χ0) is 21.8. The van der Waals surface area contributed by atoms with E-state index in [4.69, 9.17) is 16.3 Å². The Morgan fingerprint density at radius 3 is 2.58 bits per heavy atom. The molecule has 8 heteroatoms. The van der Waals surface area contributed by atoms with E-state index in [2.05, 4.69) is 15.4 Å². The first-order valence-corrected chi connectivity index (χ1v) is 9.64. The summed E-state index contributed by atoms with van der Waals surface area (Å²) in [5.74, 6) is 0.395. The summed E-state index contributed by atoms with van der Waals surface area (Å²) in [6, 6.07) is 21.4. The number of halogens is 1. The van der Waals surface area contributed by atoms with Gasteiger partial charge in [0.1, 0.15) is 17.6 Å². The van der Waals surface area contributed by atoms with Crippen LogP contribution in [0.5, 0.6) is 5.75 Å². The molecule has 0 aliphatic heterocycles. The number of amides is 1. The van der Waals surface area contributed by atoms with Crippen molar-refractivity contribution in [2.45, 2.75) is 0 Å². The van der Waals surface area contributed by atoms with Gasteiger partial charge in [-0.3, -0.25) is 9.78 Å². The number of pyridine rings is 1. The maximum atomic E-state index is 13.1. The zero-order valence-electron chi connectivity index (χ0n) is 16.4. The van der Waals surface area contributed by atoms with Gasteiger partial charge in [-0.05, 0) is 30.3 Å². The van der Waals surface area contributed by atoms with E-state index in [0.29, 0.717) is 28.5 Å². The van der Waals surface area contributed by atoms with E-state index in [1.807, 2.05) is 48.5 Å². The van der Waals surface area contributed by atoms with Crippen molar-refractivity contribution in [3.63, 3.8) is 0 Å². The van der Waals surface area contributed by atoms with Crippen molar-refractivity contribution in [1.82, 2.24) is 14.8 Å². The van der Waals surface area contributed by atoms with Crippen LogP contribution in [0.25, 0.3) is 16.9 Å². The second kappa shape index (κ2) is 8.69. The van der Waals surface area contributed by atoms with Crippen molar-refractivity contribution in [2.24, 2.45) is 0 Å². The highest BCUT2D eigenvalue weighted by molar-refractivity contribution is 6.34. The third-order valence-corrected chi connectivity index (χ3v) is 4.85. The van der Waals surface area contributed by atoms with Gasteiger partial charge in [-0.25, -0.2) is 4.68 Å². The standard InChI is InChI=1S/C23H16ClN5O2/c1-31-21-13-19(24)17(12-18(21)20-9-5-6-10-26-20)23(30)27-22-11-15(14-25)28-29(22)16-7-3-2-4-8-16/h2-13H,1H3,(H,27,30). The number of rotatable bonds is 5. The van der Waals surface area contributed by atoms with Gasteiger partial charge in [-0.2, -0.15) is 10.4 Å². The van der Waals surface area contributed by atoms with Gasteiger partial charge in [0.15, 0.2) is 5.69 Å². The predicted octanol–water partition coefficient (Wildman–Crippen LogP) is 4.72. The third kappa shape index (κ3) is 4.10. The van der Waals surface area contributed by atoms with Crippen LogP contribution in [0.3, 0.4) is 0 Å². The lowest BCUT2D eigenvalue weighted by molar-refractivity contribution is 0.102. The maximum absolute atomic E-state index is 13.1. The highest BCUT2D eigenvalue weighted by Crippen LogP contribution is 2.34. The smallest absolute Gasteiger partial charge is 0.258 e. The molecule has 4 rings (SSSR count). The number of ether oxygens (including phenoxy) is 1. The molecule has 0 saturated heterocycles. The second-order valence-electron chi connectivity index (χ2n) is 6.48. The van der Waals surface area contributed by atoms with Crippen LogP contribution in [-0.4, -0.2) is 27.8 Å². The van der Waals surface area contributed by atoms with E-state index >= 15 is 0 Å². The molecule has 0 atom stereocenters. The van der Waals surface area contributed by atoms with Crippen LogP contribution in [-0.2, 0) is 0 Å². The SMILES string of the molecule is COc1cc(Cl)c(C(=O)Nc2cc(C#N)nn2-c2ccccc2)cc1-c1ccccn1. The first kappa shape index (κ1) is 20.1. The summed E-state index contributed by atoms with van der Waals surface area (Å²) in [6.07, 6.45) is 1.66. The first-order chi connectivity index (χ1) is 15.1. The number of hydrogen-bond acceptors (Lipinski definition) is 5. The summed E-state index contributed by atoms with van der Waals surface area (Å²) < 4.78 is 6.92. The van der Waals surface area contributed by atoms with Crippen LogP contribution in [0.2, 0.25) is 5.02 Å². The average molecular weight is 430 g/mol. The summed E-state index contributed by atoms with van der Waals surface area (Å²) in [5, 5.41) is 16.5. The van der Waals surface area contributed by atoms with Crippen LogP contribution in [0.4, 0.5) is 5.82 Å². The fourth-order valence-electron chi connectivity index (χ4n) is 3.09. The average Bonchev–Trinajstić information content (AvgIpc) is 3.22. The Morgan fingerprint density at radius 2 is 1.90 bits per heavy atom. The molecule has 1 amide bonds. The minimum atomic E-state index is -0.452. The van der Waals surface area contributed by atoms with Crippen LogP contribution in [0, 0.1) is 11.3 Å². The number of carbonyl (C=O) groups excluding carboxylic acids is 1. The number of hydrogen-bond donors (Lipinski definition) is 1. The van der Waals surface area contributed by atoms with Crippen LogP contribution in [0.15, 0.2) is 72.9 Å². The van der Waals surface area contributed by atoms with Crippen LogP contribution < -0.4 is 10.1 Å². The summed E-state index contributed by atoms with van der Waals surface area (Å²) in [5.41, 5.74) is 2.39. The molecule has 2 heterocycles. The Bertz CT molecular complexity index is 1280. The summed E-state index contributed by atoms with van der Waals surface area (Å²) in [6.45, 7) is 0. The van der Waals surface area contributed by atoms with E-state index in [1.54, 1.807) is 24.4 Å². The molecule has 0 fully saturated rings. The fourth-order valence-corrected chi connectivity index (χ4v) is 3.33. The zero-order valence-corrected chi connectivity index (χ0v) is 17.2. The number of nitriles is 1. The molecular weight excluding hydrogens is 414 g/mol. The van der Waals surface area contributed by atoms with Gasteiger partial charge in [0.25, 0.3) is 5.91 Å². The van der Waals surface area contributed by atoms with Crippen LogP contribution >= 0.6 is 11.6 Å². The summed E-state index contributed by atoms with van der Waals surface area (Å²) in [7, 11) is 1.53. The molecule has 0 spiro atoms. The third-order valence-electron chi connectivity index (χ3n) is 4.54. The fraction of sp³-hybridized carbons (Fsp3) is 0.0435. The molecule has 2 aromatic carbocycles. The van der Waals surface area contributed by atoms with Crippen molar-refractivity contribution < 1.29 is 9.53 Å². The predicted molar refractivity (Wildman–Crippen MR) is 117 cm³/mol. The molecule has 0 saturated carbocycles. The molecule has 152 valence electrons. The number of methoxy groups -OCH3 is 1. The Hall–Kier alpha value is -4.15. The number of para-hydroxylation sites is 1. The number of nitrogens with zero attached hydrogens (tertiary/aromatic N) is 4. The molecule has 0 unspecified atom stereocenters. The summed E-state index contributed by atoms with van der Waals surface area (Å²) >= 11 is 6.38. The molecule has 0 aliphatic carbocycles. The molecule has 2 aromatic heterocycles. The van der Waals surface area contributed by atoms with Gasteiger partial charge in [0.2, 0.25) is 0 Å². The first-order valence-electron chi connectivity index (χ1n) is 9.26. The molecule has 0 radical (unpaired) electrons. The molecule has 4 aromatic rings. The summed E-state index contributed by atoms with van der Waals surface area (Å²) in [4.78, 5) is 17.5. The number of carbonyl (C=O) groups is 1. The van der Waals surface area contributed by atoms with Crippen molar-refractivity contribution in [3.05, 3.63) is 89.2 Å². The highest BCUT2D eigenvalue weighted by Gasteiger charge is 2.19. The Balaban J connectivity index is 1.73. The van der Waals surface area contributed by atoms with Crippen molar-refractivity contribution in [1.29, 1.82) is 5.26 Å². The van der Waals surface area contributed by atoms with Crippen molar-refractivity contribution in [2.75, 3.05) is 12.4 Å². The number of aromatic nitrogens is 3. The lowest BCUT2D eigenvalue weighted by atomic mass is 10.1. The van der Waals surface area contributed by atoms with Crippen molar-refractivity contribution >= 4 is 23.3 Å². The number of nitrogens with one attached hydrogen (secondary N) is 1. The second-order valence-corrected chi connectivity index (χ2v) is 6.88. The van der Waals surface area contributed by atoms with Gasteiger partial charge >= 0.3 is 0 Å². The molecular formula is C23H16ClN5O2. The quantitative estimate of drug-likeness (QED) is 0.495. The Labute approximate surface area is 183 Å². The maximum Gasteiger partial charge on any atom is 0.258 e. The molecule has 1 N–H and O–H groups in total. The minimum Gasteiger partial charge on any atom is -0.496 e. The van der Waals surface area contributed by atoms with Gasteiger partial charge in [0, 0.05) is 23.9 Å². The normalized spacial score (nSPS) is 10.4. The van der Waals surface area contributed by atoms with E-state index in [-0.39, 0.29) is 16.3 Å². The topological polar surface area (TPSA) is 92.8 Å². The lowest BCUT2D eigenvalue weighted by Gasteiger charge is -2.13. The Kier molecular flexibility index (Phi) is 5.65. The van der Waals surface area contributed by atoms with Crippen molar-refractivity contribution in [3.8, 4) is 28.8 Å². The molecule has 0 bridgehead atoms. The molecule has 7 nitrogen and oxygen atoms in total. The Morgan fingerprint density at radius 1 is 1.13 bits per heavy atom. The molecule has 31 heavy (non-hydrogen) atoms. The van der Waals surface area contributed by atoms with Gasteiger partial charge in [-0.15, -0.1) is 0 Å². The van der Waals surface area contributed by atoms with Gasteiger partial charge in [-0.1, -0.05) is 35.9 Å². The van der Waals surface area contributed by atoms with Gasteiger partial charge < -0.3 is 10.1 Å². The monoisotopic (exact) mass is 429 g/mol. The van der Waals surface area contributed by atoms with E-state index in [9.17, 15) is 10.1 Å². The van der Waals surface area contributed by atoms with E-state index in [0.717, 1.165) is 0 Å². The van der Waals surface area contributed by atoms with Gasteiger partial charge in [0.05, 0.1) is 29.1 Å². The van der Waals surface area contributed by atoms with Crippen LogP contribution in [0.1, 0.15) is 16.1 Å². The minimum absolute atomic E-state index is 0.175. The number of benzene rings is 2. The lowest BCUT2D eigenvalue weighted by Crippen LogP contribution is -2.16. The largest absolute Gasteiger partial charge is 0.496 e. The van der Waals surface area contributed by atoms with E-state index < -0.39 is 5.91 Å².